The second-order valence-electron chi connectivity index (χ2n) is 5.27. The van der Waals surface area contributed by atoms with Gasteiger partial charge in [0.1, 0.15) is 5.65 Å². The van der Waals surface area contributed by atoms with Crippen molar-refractivity contribution in [2.24, 2.45) is 5.92 Å². The van der Waals surface area contributed by atoms with Crippen LogP contribution in [0.15, 0.2) is 24.4 Å². The fourth-order valence-electron chi connectivity index (χ4n) is 2.31. The number of fused-ring (bicyclic) bond motifs is 1. The largest absolute Gasteiger partial charge is 0.476 e. The van der Waals surface area contributed by atoms with Crippen LogP contribution in [0.5, 0.6) is 0 Å². The number of aromatic carboxylic acids is 1. The van der Waals surface area contributed by atoms with Crippen molar-refractivity contribution in [1.82, 2.24) is 9.38 Å². The molecule has 2 aromatic rings. The van der Waals surface area contributed by atoms with Gasteiger partial charge < -0.3 is 10.0 Å². The molecule has 0 unspecified atom stereocenters. The summed E-state index contributed by atoms with van der Waals surface area (Å²) in [6.07, 6.45) is 2.02. The summed E-state index contributed by atoms with van der Waals surface area (Å²) in [5, 5.41) is 18.3. The molecule has 0 aliphatic carbocycles. The number of rotatable bonds is 6. The van der Waals surface area contributed by atoms with E-state index in [4.69, 9.17) is 5.26 Å². The summed E-state index contributed by atoms with van der Waals surface area (Å²) in [5.41, 5.74) is 0.736. The van der Waals surface area contributed by atoms with Gasteiger partial charge in [-0.05, 0) is 18.1 Å². The molecule has 2 aromatic heterocycles. The zero-order chi connectivity index (χ0) is 15.4. The van der Waals surface area contributed by atoms with Crippen LogP contribution in [0, 0.1) is 17.2 Å². The Morgan fingerprint density at radius 2 is 2.29 bits per heavy atom. The van der Waals surface area contributed by atoms with E-state index in [-0.39, 0.29) is 5.69 Å². The third-order valence-electron chi connectivity index (χ3n) is 3.09. The predicted octanol–water partition coefficient (Wildman–Crippen LogP) is 2.41. The van der Waals surface area contributed by atoms with E-state index in [1.54, 1.807) is 22.7 Å². The average Bonchev–Trinajstić information content (AvgIpc) is 2.82. The number of hydrogen-bond acceptors (Lipinski definition) is 4. The number of nitrogens with zero attached hydrogens (tertiary/aromatic N) is 4. The molecule has 110 valence electrons. The smallest absolute Gasteiger partial charge is 0.356 e. The lowest BCUT2D eigenvalue weighted by molar-refractivity contribution is 0.0690. The van der Waals surface area contributed by atoms with Crippen molar-refractivity contribution in [3.05, 3.63) is 30.1 Å². The first-order valence-corrected chi connectivity index (χ1v) is 6.87. The van der Waals surface area contributed by atoms with Gasteiger partial charge in [0.05, 0.1) is 12.5 Å². The number of pyridine rings is 1. The molecule has 0 aliphatic heterocycles. The molecule has 0 aliphatic rings. The van der Waals surface area contributed by atoms with Crippen molar-refractivity contribution >= 4 is 17.4 Å². The van der Waals surface area contributed by atoms with Gasteiger partial charge in [-0.2, -0.15) is 5.26 Å². The van der Waals surface area contributed by atoms with Crippen LogP contribution < -0.4 is 4.90 Å². The molecule has 0 spiro atoms. The highest BCUT2D eigenvalue weighted by atomic mass is 16.4. The van der Waals surface area contributed by atoms with Crippen molar-refractivity contribution in [3.8, 4) is 6.07 Å². The van der Waals surface area contributed by atoms with E-state index in [0.29, 0.717) is 36.9 Å². The molecule has 2 heterocycles. The second kappa shape index (κ2) is 6.27. The first-order valence-electron chi connectivity index (χ1n) is 6.87. The zero-order valence-electron chi connectivity index (χ0n) is 12.2. The second-order valence-corrected chi connectivity index (χ2v) is 5.27. The third-order valence-corrected chi connectivity index (χ3v) is 3.09. The Kier molecular flexibility index (Phi) is 4.43. The van der Waals surface area contributed by atoms with Crippen molar-refractivity contribution in [2.45, 2.75) is 20.3 Å². The van der Waals surface area contributed by atoms with E-state index >= 15 is 0 Å². The maximum absolute atomic E-state index is 11.6. The van der Waals surface area contributed by atoms with Crippen molar-refractivity contribution in [1.29, 1.82) is 5.26 Å². The summed E-state index contributed by atoms with van der Waals surface area (Å²) < 4.78 is 1.57. The Morgan fingerprint density at radius 1 is 1.52 bits per heavy atom. The summed E-state index contributed by atoms with van der Waals surface area (Å²) >= 11 is 0. The van der Waals surface area contributed by atoms with E-state index in [2.05, 4.69) is 24.9 Å². The van der Waals surface area contributed by atoms with Crippen LogP contribution in [0.25, 0.3) is 5.65 Å². The van der Waals surface area contributed by atoms with Gasteiger partial charge in [-0.3, -0.25) is 4.40 Å². The molecule has 0 radical (unpaired) electrons. The predicted molar refractivity (Wildman–Crippen MR) is 79.4 cm³/mol. The monoisotopic (exact) mass is 286 g/mol. The molecule has 0 aromatic carbocycles. The highest BCUT2D eigenvalue weighted by Gasteiger charge is 2.23. The molecular weight excluding hydrogens is 268 g/mol. The lowest BCUT2D eigenvalue weighted by atomic mass is 10.2. The Labute approximate surface area is 123 Å². The van der Waals surface area contributed by atoms with Gasteiger partial charge in [0, 0.05) is 19.3 Å². The number of carboxylic acids is 1. The van der Waals surface area contributed by atoms with Crippen LogP contribution in [-0.4, -0.2) is 33.6 Å². The molecule has 0 saturated carbocycles. The van der Waals surface area contributed by atoms with Gasteiger partial charge in [-0.1, -0.05) is 19.9 Å². The minimum absolute atomic E-state index is 0.143. The summed E-state index contributed by atoms with van der Waals surface area (Å²) in [7, 11) is 0. The molecule has 6 heteroatoms. The average molecular weight is 286 g/mol. The minimum Gasteiger partial charge on any atom is -0.476 e. The van der Waals surface area contributed by atoms with Gasteiger partial charge in [0.25, 0.3) is 0 Å². The zero-order valence-corrected chi connectivity index (χ0v) is 12.2. The topological polar surface area (TPSA) is 81.6 Å². The summed E-state index contributed by atoms with van der Waals surface area (Å²) in [6, 6.07) is 7.46. The van der Waals surface area contributed by atoms with Gasteiger partial charge in [-0.15, -0.1) is 0 Å². The van der Waals surface area contributed by atoms with Crippen LogP contribution in [0.3, 0.4) is 0 Å². The normalized spacial score (nSPS) is 10.8. The maximum Gasteiger partial charge on any atom is 0.356 e. The van der Waals surface area contributed by atoms with E-state index in [0.717, 1.165) is 0 Å². The number of aromatic nitrogens is 2. The van der Waals surface area contributed by atoms with E-state index in [1.165, 1.54) is 0 Å². The van der Waals surface area contributed by atoms with Crippen LogP contribution in [0.4, 0.5) is 5.82 Å². The van der Waals surface area contributed by atoms with E-state index in [1.807, 2.05) is 11.0 Å². The molecule has 21 heavy (non-hydrogen) atoms. The molecule has 2 rings (SSSR count). The quantitative estimate of drug-likeness (QED) is 0.881. The van der Waals surface area contributed by atoms with Crippen LogP contribution in [0.1, 0.15) is 30.8 Å². The van der Waals surface area contributed by atoms with Gasteiger partial charge in [0.2, 0.25) is 0 Å². The van der Waals surface area contributed by atoms with Crippen molar-refractivity contribution < 1.29 is 9.90 Å². The lowest BCUT2D eigenvalue weighted by Crippen LogP contribution is -2.30. The summed E-state index contributed by atoms with van der Waals surface area (Å²) in [5.74, 6) is -0.248. The van der Waals surface area contributed by atoms with Crippen LogP contribution in [0.2, 0.25) is 0 Å². The minimum atomic E-state index is -1.02. The number of carboxylic acid groups (broad SMARTS) is 1. The number of carbonyl (C=O) groups is 1. The Balaban J connectivity index is 2.53. The molecule has 0 amide bonds. The SMILES string of the molecule is CC(C)CN(CCC#N)c1nc2ccccn2c1C(=O)O. The highest BCUT2D eigenvalue weighted by molar-refractivity contribution is 5.93. The summed E-state index contributed by atoms with van der Waals surface area (Å²) in [4.78, 5) is 17.9. The Hall–Kier alpha value is -2.55. The first kappa shape index (κ1) is 14.9. The molecule has 0 saturated heterocycles. The summed E-state index contributed by atoms with van der Waals surface area (Å²) in [6.45, 7) is 5.23. The molecule has 6 nitrogen and oxygen atoms in total. The molecule has 0 bridgehead atoms. The highest BCUT2D eigenvalue weighted by Crippen LogP contribution is 2.23. The molecular formula is C15H18N4O2. The molecule has 0 fully saturated rings. The van der Waals surface area contributed by atoms with Crippen molar-refractivity contribution in [3.63, 3.8) is 0 Å². The van der Waals surface area contributed by atoms with E-state index in [9.17, 15) is 9.90 Å². The van der Waals surface area contributed by atoms with Crippen molar-refractivity contribution in [2.75, 3.05) is 18.0 Å². The third kappa shape index (κ3) is 3.14. The fraction of sp³-hybridized carbons (Fsp3) is 0.400. The van der Waals surface area contributed by atoms with Crippen LogP contribution in [-0.2, 0) is 0 Å². The number of anilines is 1. The Bertz CT molecular complexity index is 685. The maximum atomic E-state index is 11.6. The number of imidazole rings is 1. The number of nitriles is 1. The molecule has 0 atom stereocenters. The molecule has 1 N–H and O–H groups in total. The van der Waals surface area contributed by atoms with Crippen LogP contribution >= 0.6 is 0 Å². The fourth-order valence-corrected chi connectivity index (χ4v) is 2.31. The standard InChI is InChI=1S/C15H18N4O2/c1-11(2)10-18(8-5-7-16)14-13(15(20)21)19-9-4-3-6-12(19)17-14/h3-4,6,9,11H,5,8,10H2,1-2H3,(H,20,21). The Morgan fingerprint density at radius 3 is 2.90 bits per heavy atom. The first-order chi connectivity index (χ1) is 10.0. The van der Waals surface area contributed by atoms with Gasteiger partial charge >= 0.3 is 5.97 Å². The van der Waals surface area contributed by atoms with Gasteiger partial charge in [-0.25, -0.2) is 9.78 Å². The number of hydrogen-bond donors (Lipinski definition) is 1. The van der Waals surface area contributed by atoms with E-state index < -0.39 is 5.97 Å². The lowest BCUT2D eigenvalue weighted by Gasteiger charge is -2.24. The van der Waals surface area contributed by atoms with Gasteiger partial charge in [0.15, 0.2) is 11.5 Å².